The summed E-state index contributed by atoms with van der Waals surface area (Å²) in [5.74, 6) is 0. The number of nitrogens with one attached hydrogen (secondary N) is 1. The molecule has 0 saturated carbocycles. The average molecular weight is 395 g/mol. The average Bonchev–Trinajstić information content (AvgIpc) is 2.99. The number of nitrogens with two attached hydrogens (primary N) is 1. The predicted octanol–water partition coefficient (Wildman–Crippen LogP) is 6.35. The van der Waals surface area contributed by atoms with Gasteiger partial charge in [-0.15, -0.1) is 0 Å². The Morgan fingerprint density at radius 1 is 1.07 bits per heavy atom. The van der Waals surface area contributed by atoms with E-state index in [-0.39, 0.29) is 10.5 Å². The second-order valence-corrected chi connectivity index (χ2v) is 7.08. The number of aryl methyl sites for hydroxylation is 2. The van der Waals surface area contributed by atoms with Crippen molar-refractivity contribution in [2.45, 2.75) is 38.8 Å². The quantitative estimate of drug-likeness (QED) is 0.470. The molecule has 3 rings (SSSR count). The fourth-order valence-electron chi connectivity index (χ4n) is 3.40. The molecule has 0 aliphatic rings. The first-order valence-corrected chi connectivity index (χ1v) is 9.43. The van der Waals surface area contributed by atoms with Gasteiger partial charge in [0.15, 0.2) is 0 Å². The van der Waals surface area contributed by atoms with E-state index >= 15 is 0 Å². The predicted molar refractivity (Wildman–Crippen MR) is 105 cm³/mol. The second-order valence-electron chi connectivity index (χ2n) is 6.65. The minimum Gasteiger partial charge on any atom is -0.354 e. The maximum Gasteiger partial charge on any atom is 0.418 e. The molecule has 0 amide bonds. The van der Waals surface area contributed by atoms with E-state index in [0.717, 1.165) is 42.1 Å². The van der Waals surface area contributed by atoms with Gasteiger partial charge in [0, 0.05) is 16.1 Å². The summed E-state index contributed by atoms with van der Waals surface area (Å²) in [7, 11) is 0. The Hall–Kier alpha value is -1.98. The summed E-state index contributed by atoms with van der Waals surface area (Å²) in [6.07, 6.45) is -1.32. The number of halogens is 4. The highest BCUT2D eigenvalue weighted by atomic mass is 35.5. The number of benzene rings is 2. The first-order chi connectivity index (χ1) is 12.8. The monoisotopic (exact) mass is 394 g/mol. The summed E-state index contributed by atoms with van der Waals surface area (Å²) in [6, 6.07) is 10.5. The fourth-order valence-corrected chi connectivity index (χ4v) is 3.62. The molecule has 0 atom stereocenters. The third-order valence-corrected chi connectivity index (χ3v) is 5.04. The van der Waals surface area contributed by atoms with Crippen LogP contribution in [0.4, 0.5) is 13.2 Å². The van der Waals surface area contributed by atoms with E-state index in [4.69, 9.17) is 17.3 Å². The lowest BCUT2D eigenvalue weighted by Crippen LogP contribution is -2.05. The zero-order valence-electron chi connectivity index (χ0n) is 15.1. The molecule has 1 aromatic heterocycles. The number of H-pyrrole nitrogens is 1. The van der Waals surface area contributed by atoms with Crippen LogP contribution in [0.5, 0.6) is 0 Å². The Balaban J connectivity index is 2.22. The highest BCUT2D eigenvalue weighted by Crippen LogP contribution is 2.41. The normalized spacial score (nSPS) is 12.1. The molecule has 2 nitrogen and oxygen atoms in total. The minimum absolute atomic E-state index is 0.0850. The lowest BCUT2D eigenvalue weighted by atomic mass is 9.98. The van der Waals surface area contributed by atoms with Gasteiger partial charge in [0.1, 0.15) is 0 Å². The van der Waals surface area contributed by atoms with Gasteiger partial charge < -0.3 is 10.7 Å². The summed E-state index contributed by atoms with van der Waals surface area (Å²) in [4.78, 5) is 3.04. The van der Waals surface area contributed by atoms with Crippen LogP contribution < -0.4 is 5.73 Å². The van der Waals surface area contributed by atoms with E-state index in [1.165, 1.54) is 5.56 Å². The van der Waals surface area contributed by atoms with Crippen molar-refractivity contribution in [3.05, 3.63) is 58.1 Å². The van der Waals surface area contributed by atoms with Gasteiger partial charge in [-0.25, -0.2) is 0 Å². The van der Waals surface area contributed by atoms with E-state index in [1.807, 2.05) is 24.3 Å². The summed E-state index contributed by atoms with van der Waals surface area (Å²) in [5, 5.41) is 0.614. The third kappa shape index (κ3) is 4.14. The molecular formula is C21H22ClF3N2. The van der Waals surface area contributed by atoms with E-state index in [0.29, 0.717) is 18.4 Å². The van der Waals surface area contributed by atoms with Gasteiger partial charge in [-0.05, 0) is 61.1 Å². The molecule has 0 spiro atoms. The SMILES string of the molecule is CCc1ccc(-c2[nH]c3c(C(F)(F)F)cc(Cl)cc3c2CCCCN)cc1. The van der Waals surface area contributed by atoms with Gasteiger partial charge in [-0.2, -0.15) is 13.2 Å². The number of unbranched alkanes of at least 4 members (excludes halogenated alkanes) is 1. The largest absolute Gasteiger partial charge is 0.418 e. The molecule has 1 heterocycles. The number of fused-ring (bicyclic) bond motifs is 1. The van der Waals surface area contributed by atoms with E-state index in [2.05, 4.69) is 11.9 Å². The Morgan fingerprint density at radius 3 is 2.37 bits per heavy atom. The van der Waals surface area contributed by atoms with Crippen molar-refractivity contribution in [3.8, 4) is 11.3 Å². The van der Waals surface area contributed by atoms with Crippen LogP contribution >= 0.6 is 11.6 Å². The number of rotatable bonds is 6. The molecule has 0 radical (unpaired) electrons. The molecule has 0 fully saturated rings. The summed E-state index contributed by atoms with van der Waals surface area (Å²) < 4.78 is 40.7. The van der Waals surface area contributed by atoms with Crippen molar-refractivity contribution < 1.29 is 13.2 Å². The topological polar surface area (TPSA) is 41.8 Å². The smallest absolute Gasteiger partial charge is 0.354 e. The highest BCUT2D eigenvalue weighted by Gasteiger charge is 2.34. The third-order valence-electron chi connectivity index (χ3n) is 4.82. The molecule has 0 saturated heterocycles. The standard InChI is InChI=1S/C21H22ClF3N2/c1-2-13-6-8-14(9-7-13)19-16(5-3-4-10-26)17-11-15(22)12-18(20(17)27-19)21(23,24)25/h6-9,11-12,27H,2-5,10,26H2,1H3. The van der Waals surface area contributed by atoms with Gasteiger partial charge in [0.05, 0.1) is 11.1 Å². The van der Waals surface area contributed by atoms with Crippen LogP contribution in [-0.2, 0) is 19.0 Å². The van der Waals surface area contributed by atoms with Crippen LogP contribution in [0.2, 0.25) is 5.02 Å². The van der Waals surface area contributed by atoms with Gasteiger partial charge in [0.25, 0.3) is 0 Å². The summed E-state index contributed by atoms with van der Waals surface area (Å²) in [6.45, 7) is 2.62. The van der Waals surface area contributed by atoms with Crippen molar-refractivity contribution in [2.75, 3.05) is 6.54 Å². The molecular weight excluding hydrogens is 373 g/mol. The molecule has 0 aliphatic heterocycles. The maximum atomic E-state index is 13.6. The number of hydrogen-bond donors (Lipinski definition) is 2. The second kappa shape index (κ2) is 7.95. The zero-order chi connectivity index (χ0) is 19.6. The lowest BCUT2D eigenvalue weighted by molar-refractivity contribution is -0.136. The van der Waals surface area contributed by atoms with Crippen molar-refractivity contribution in [3.63, 3.8) is 0 Å². The molecule has 0 bridgehead atoms. The molecule has 0 aliphatic carbocycles. The molecule has 27 heavy (non-hydrogen) atoms. The Kier molecular flexibility index (Phi) is 5.82. The van der Waals surface area contributed by atoms with Crippen molar-refractivity contribution in [1.29, 1.82) is 0 Å². The number of aromatic amines is 1. The van der Waals surface area contributed by atoms with Crippen LogP contribution in [0.15, 0.2) is 36.4 Å². The van der Waals surface area contributed by atoms with E-state index in [9.17, 15) is 13.2 Å². The molecule has 3 aromatic rings. The Bertz CT molecular complexity index is 927. The Labute approximate surface area is 161 Å². The van der Waals surface area contributed by atoms with Crippen LogP contribution in [-0.4, -0.2) is 11.5 Å². The highest BCUT2D eigenvalue weighted by molar-refractivity contribution is 6.31. The van der Waals surface area contributed by atoms with E-state index < -0.39 is 11.7 Å². The van der Waals surface area contributed by atoms with Crippen LogP contribution in [0.25, 0.3) is 22.2 Å². The van der Waals surface area contributed by atoms with E-state index in [1.54, 1.807) is 6.07 Å². The van der Waals surface area contributed by atoms with Crippen LogP contribution in [0, 0.1) is 0 Å². The van der Waals surface area contributed by atoms with Gasteiger partial charge in [0.2, 0.25) is 0 Å². The van der Waals surface area contributed by atoms with Gasteiger partial charge in [-0.3, -0.25) is 0 Å². The first kappa shape index (κ1) is 19.8. The van der Waals surface area contributed by atoms with Crippen molar-refractivity contribution in [2.24, 2.45) is 5.73 Å². The minimum atomic E-state index is -4.48. The van der Waals surface area contributed by atoms with Gasteiger partial charge >= 0.3 is 6.18 Å². The molecule has 144 valence electrons. The first-order valence-electron chi connectivity index (χ1n) is 9.05. The number of hydrogen-bond acceptors (Lipinski definition) is 1. The van der Waals surface area contributed by atoms with Crippen molar-refractivity contribution >= 4 is 22.5 Å². The lowest BCUT2D eigenvalue weighted by Gasteiger charge is -2.09. The molecule has 0 unspecified atom stereocenters. The van der Waals surface area contributed by atoms with Crippen LogP contribution in [0.1, 0.15) is 36.5 Å². The number of alkyl halides is 3. The maximum absolute atomic E-state index is 13.6. The summed E-state index contributed by atoms with van der Waals surface area (Å²) in [5.41, 5.74) is 8.57. The number of aromatic nitrogens is 1. The molecule has 6 heteroatoms. The molecule has 2 aromatic carbocycles. The fraction of sp³-hybridized carbons (Fsp3) is 0.333. The van der Waals surface area contributed by atoms with Gasteiger partial charge in [-0.1, -0.05) is 42.8 Å². The zero-order valence-corrected chi connectivity index (χ0v) is 15.8. The Morgan fingerprint density at radius 2 is 1.78 bits per heavy atom. The van der Waals surface area contributed by atoms with Crippen molar-refractivity contribution in [1.82, 2.24) is 4.98 Å². The summed E-state index contributed by atoms with van der Waals surface area (Å²) >= 11 is 6.02. The molecule has 3 N–H and O–H groups in total. The van der Waals surface area contributed by atoms with Crippen LogP contribution in [0.3, 0.4) is 0 Å².